The standard InChI is InChI=1S/C24H28FNO2/c1-3-4-5-17-6-8-18(9-7-17)19-10-12-20(13-11-19)24(27)28-23-15-14-21(26-2)16-22(23)25/h10-18H,2-9H2,1H3. The molecule has 0 heterocycles. The van der Waals surface area contributed by atoms with Gasteiger partial charge in [0.2, 0.25) is 0 Å². The fourth-order valence-corrected chi connectivity index (χ4v) is 4.00. The monoisotopic (exact) mass is 381 g/mol. The van der Waals surface area contributed by atoms with Gasteiger partial charge in [0, 0.05) is 6.07 Å². The molecule has 0 aliphatic heterocycles. The first kappa shape index (κ1) is 20.2. The summed E-state index contributed by atoms with van der Waals surface area (Å²) in [7, 11) is 0. The summed E-state index contributed by atoms with van der Waals surface area (Å²) in [6.45, 7) is 5.60. The minimum absolute atomic E-state index is 0.105. The molecule has 1 fully saturated rings. The van der Waals surface area contributed by atoms with E-state index in [0.29, 0.717) is 17.2 Å². The predicted molar refractivity (Wildman–Crippen MR) is 111 cm³/mol. The van der Waals surface area contributed by atoms with Crippen LogP contribution in [0.3, 0.4) is 0 Å². The maximum Gasteiger partial charge on any atom is 0.343 e. The average Bonchev–Trinajstić information content (AvgIpc) is 2.74. The molecule has 0 aromatic heterocycles. The Morgan fingerprint density at radius 3 is 2.46 bits per heavy atom. The first-order chi connectivity index (χ1) is 13.6. The highest BCUT2D eigenvalue weighted by atomic mass is 19.1. The number of nitrogens with zero attached hydrogens (tertiary/aromatic N) is 1. The van der Waals surface area contributed by atoms with Gasteiger partial charge in [0.15, 0.2) is 11.6 Å². The first-order valence-electron chi connectivity index (χ1n) is 10.2. The van der Waals surface area contributed by atoms with Crippen molar-refractivity contribution in [3.63, 3.8) is 0 Å². The highest BCUT2D eigenvalue weighted by Crippen LogP contribution is 2.37. The number of unbranched alkanes of at least 4 members (excludes halogenated alkanes) is 1. The van der Waals surface area contributed by atoms with Gasteiger partial charge in [0.05, 0.1) is 11.3 Å². The van der Waals surface area contributed by atoms with Crippen LogP contribution in [0.15, 0.2) is 47.5 Å². The van der Waals surface area contributed by atoms with Crippen LogP contribution in [0.25, 0.3) is 0 Å². The third-order valence-corrected chi connectivity index (χ3v) is 5.73. The van der Waals surface area contributed by atoms with E-state index in [1.54, 1.807) is 18.2 Å². The quantitative estimate of drug-likeness (QED) is 0.299. The van der Waals surface area contributed by atoms with Crippen molar-refractivity contribution in [1.82, 2.24) is 0 Å². The molecule has 28 heavy (non-hydrogen) atoms. The largest absolute Gasteiger partial charge is 0.420 e. The molecule has 1 saturated carbocycles. The average molecular weight is 381 g/mol. The van der Waals surface area contributed by atoms with E-state index < -0.39 is 11.8 Å². The van der Waals surface area contributed by atoms with Crippen LogP contribution in [-0.2, 0) is 0 Å². The van der Waals surface area contributed by atoms with Gasteiger partial charge in [-0.1, -0.05) is 38.3 Å². The molecule has 3 rings (SSSR count). The van der Waals surface area contributed by atoms with Gasteiger partial charge < -0.3 is 4.74 Å². The van der Waals surface area contributed by atoms with Crippen LogP contribution in [0.5, 0.6) is 5.75 Å². The second-order valence-electron chi connectivity index (χ2n) is 7.64. The minimum atomic E-state index is -0.630. The molecule has 2 aromatic carbocycles. The SMILES string of the molecule is C=Nc1ccc(OC(=O)c2ccc(C3CCC(CCCC)CC3)cc2)c(F)c1. The number of benzene rings is 2. The van der Waals surface area contributed by atoms with E-state index in [2.05, 4.69) is 18.6 Å². The van der Waals surface area contributed by atoms with E-state index in [1.807, 2.05) is 12.1 Å². The third kappa shape index (κ3) is 5.06. The maximum atomic E-state index is 14.0. The van der Waals surface area contributed by atoms with Crippen molar-refractivity contribution in [2.45, 2.75) is 57.8 Å². The Labute approximate surface area is 166 Å². The van der Waals surface area contributed by atoms with Crippen LogP contribution < -0.4 is 4.74 Å². The van der Waals surface area contributed by atoms with Crippen molar-refractivity contribution in [2.75, 3.05) is 0 Å². The summed E-state index contributed by atoms with van der Waals surface area (Å²) in [4.78, 5) is 16.0. The van der Waals surface area contributed by atoms with E-state index in [1.165, 1.54) is 62.6 Å². The van der Waals surface area contributed by atoms with Crippen molar-refractivity contribution in [2.24, 2.45) is 10.9 Å². The van der Waals surface area contributed by atoms with Crippen molar-refractivity contribution in [3.05, 3.63) is 59.4 Å². The highest BCUT2D eigenvalue weighted by Gasteiger charge is 2.22. The number of esters is 1. The minimum Gasteiger partial charge on any atom is -0.420 e. The summed E-state index contributed by atoms with van der Waals surface area (Å²) >= 11 is 0. The smallest absolute Gasteiger partial charge is 0.343 e. The number of aliphatic imine (C=N–C) groups is 1. The number of rotatable bonds is 7. The Kier molecular flexibility index (Phi) is 6.96. The van der Waals surface area contributed by atoms with Crippen LogP contribution in [0.1, 0.15) is 73.7 Å². The zero-order valence-corrected chi connectivity index (χ0v) is 16.5. The fraction of sp³-hybridized carbons (Fsp3) is 0.417. The van der Waals surface area contributed by atoms with Crippen molar-refractivity contribution >= 4 is 18.4 Å². The van der Waals surface area contributed by atoms with E-state index in [0.717, 1.165) is 5.92 Å². The summed E-state index contributed by atoms with van der Waals surface area (Å²) in [6, 6.07) is 11.7. The Morgan fingerprint density at radius 2 is 1.86 bits per heavy atom. The van der Waals surface area contributed by atoms with Gasteiger partial charge in [-0.15, -0.1) is 0 Å². The van der Waals surface area contributed by atoms with Crippen LogP contribution in [0.2, 0.25) is 0 Å². The molecule has 0 spiro atoms. The first-order valence-corrected chi connectivity index (χ1v) is 10.2. The number of ether oxygens (including phenoxy) is 1. The third-order valence-electron chi connectivity index (χ3n) is 5.73. The summed E-state index contributed by atoms with van der Waals surface area (Å²) in [6.07, 6.45) is 8.98. The number of hydrogen-bond acceptors (Lipinski definition) is 3. The molecule has 2 aromatic rings. The zero-order chi connectivity index (χ0) is 19.9. The molecule has 0 unspecified atom stereocenters. The van der Waals surface area contributed by atoms with Crippen LogP contribution in [-0.4, -0.2) is 12.7 Å². The molecule has 0 radical (unpaired) electrons. The molecule has 148 valence electrons. The Morgan fingerprint density at radius 1 is 1.14 bits per heavy atom. The molecule has 1 aliphatic carbocycles. The van der Waals surface area contributed by atoms with Gasteiger partial charge in [0.25, 0.3) is 0 Å². The molecule has 0 atom stereocenters. The molecule has 3 nitrogen and oxygen atoms in total. The predicted octanol–water partition coefficient (Wildman–Crippen LogP) is 6.84. The Hall–Kier alpha value is -2.49. The topological polar surface area (TPSA) is 38.7 Å². The lowest BCUT2D eigenvalue weighted by Crippen LogP contribution is -2.14. The molecule has 0 amide bonds. The lowest BCUT2D eigenvalue weighted by atomic mass is 9.77. The van der Waals surface area contributed by atoms with Gasteiger partial charge in [0.1, 0.15) is 0 Å². The van der Waals surface area contributed by atoms with Crippen molar-refractivity contribution < 1.29 is 13.9 Å². The number of halogens is 1. The second kappa shape index (κ2) is 9.63. The summed E-state index contributed by atoms with van der Waals surface area (Å²) < 4.78 is 19.2. The second-order valence-corrected chi connectivity index (χ2v) is 7.64. The Balaban J connectivity index is 1.58. The lowest BCUT2D eigenvalue weighted by Gasteiger charge is -2.28. The molecule has 0 saturated heterocycles. The van der Waals surface area contributed by atoms with Gasteiger partial charge in [-0.25, -0.2) is 9.18 Å². The molecule has 0 bridgehead atoms. The fourth-order valence-electron chi connectivity index (χ4n) is 4.00. The Bertz CT molecular complexity index is 808. The highest BCUT2D eigenvalue weighted by molar-refractivity contribution is 5.91. The summed E-state index contributed by atoms with van der Waals surface area (Å²) in [5.74, 6) is 0.150. The zero-order valence-electron chi connectivity index (χ0n) is 16.5. The van der Waals surface area contributed by atoms with E-state index in [9.17, 15) is 9.18 Å². The number of carbonyl (C=O) groups is 1. The molecular formula is C24H28FNO2. The molecule has 0 N–H and O–H groups in total. The van der Waals surface area contributed by atoms with E-state index in [-0.39, 0.29) is 5.75 Å². The maximum absolute atomic E-state index is 14.0. The normalized spacial score (nSPS) is 19.2. The van der Waals surface area contributed by atoms with Gasteiger partial charge in [-0.05, 0) is 74.1 Å². The molecule has 1 aliphatic rings. The number of hydrogen-bond donors (Lipinski definition) is 0. The summed E-state index contributed by atoms with van der Waals surface area (Å²) in [5.41, 5.74) is 2.09. The number of carbonyl (C=O) groups excluding carboxylic acids is 1. The summed E-state index contributed by atoms with van der Waals surface area (Å²) in [5, 5.41) is 0. The van der Waals surface area contributed by atoms with Crippen LogP contribution in [0, 0.1) is 11.7 Å². The van der Waals surface area contributed by atoms with Crippen LogP contribution >= 0.6 is 0 Å². The molecule has 4 heteroatoms. The lowest BCUT2D eigenvalue weighted by molar-refractivity contribution is 0.0728. The van der Waals surface area contributed by atoms with E-state index in [4.69, 9.17) is 4.74 Å². The van der Waals surface area contributed by atoms with Crippen molar-refractivity contribution in [3.8, 4) is 5.75 Å². The van der Waals surface area contributed by atoms with Gasteiger partial charge in [-0.2, -0.15) is 0 Å². The van der Waals surface area contributed by atoms with Crippen molar-refractivity contribution in [1.29, 1.82) is 0 Å². The molecular weight excluding hydrogens is 353 g/mol. The van der Waals surface area contributed by atoms with E-state index >= 15 is 0 Å². The van der Waals surface area contributed by atoms with Gasteiger partial charge in [-0.3, -0.25) is 4.99 Å². The van der Waals surface area contributed by atoms with Crippen LogP contribution in [0.4, 0.5) is 10.1 Å². The van der Waals surface area contributed by atoms with Gasteiger partial charge >= 0.3 is 5.97 Å².